The Kier molecular flexibility index (Phi) is 2.44. The van der Waals surface area contributed by atoms with Crippen LogP contribution >= 0.6 is 0 Å². The predicted molar refractivity (Wildman–Crippen MR) is 56.2 cm³/mol. The van der Waals surface area contributed by atoms with Crippen LogP contribution in [0.2, 0.25) is 0 Å². The second kappa shape index (κ2) is 3.51. The van der Waals surface area contributed by atoms with E-state index in [0.717, 1.165) is 25.8 Å². The molecule has 0 aromatic rings. The van der Waals surface area contributed by atoms with Gasteiger partial charge in [-0.2, -0.15) is 0 Å². The lowest BCUT2D eigenvalue weighted by atomic mass is 9.85. The SMILES string of the molecule is CC(=O)NC1(C)CCN2C(=O)CCC2C1. The van der Waals surface area contributed by atoms with Gasteiger partial charge in [-0.3, -0.25) is 9.59 Å². The summed E-state index contributed by atoms with van der Waals surface area (Å²) in [6, 6.07) is 0.350. The second-order valence-corrected chi connectivity index (χ2v) is 4.98. The minimum Gasteiger partial charge on any atom is -0.351 e. The van der Waals surface area contributed by atoms with Gasteiger partial charge in [-0.25, -0.2) is 0 Å². The van der Waals surface area contributed by atoms with E-state index in [-0.39, 0.29) is 17.4 Å². The van der Waals surface area contributed by atoms with Crippen molar-refractivity contribution in [2.24, 2.45) is 0 Å². The normalized spacial score (nSPS) is 35.2. The van der Waals surface area contributed by atoms with E-state index < -0.39 is 0 Å². The highest BCUT2D eigenvalue weighted by Crippen LogP contribution is 2.33. The summed E-state index contributed by atoms with van der Waals surface area (Å²) in [6.45, 7) is 4.42. The summed E-state index contributed by atoms with van der Waals surface area (Å²) in [4.78, 5) is 24.5. The molecule has 2 rings (SSSR count). The molecule has 1 N–H and O–H groups in total. The third-order valence-electron chi connectivity index (χ3n) is 3.52. The topological polar surface area (TPSA) is 49.4 Å². The van der Waals surface area contributed by atoms with Crippen molar-refractivity contribution in [2.75, 3.05) is 6.54 Å². The standard InChI is InChI=1S/C11H18N2O2/c1-8(14)12-11(2)5-6-13-9(7-11)3-4-10(13)15/h9H,3-7H2,1-2H3,(H,12,14). The van der Waals surface area contributed by atoms with E-state index >= 15 is 0 Å². The Labute approximate surface area is 90.0 Å². The molecule has 0 spiro atoms. The molecule has 2 fully saturated rings. The van der Waals surface area contributed by atoms with Crippen LogP contribution in [0, 0.1) is 0 Å². The van der Waals surface area contributed by atoms with Gasteiger partial charge in [-0.15, -0.1) is 0 Å². The maximum atomic E-state index is 11.5. The van der Waals surface area contributed by atoms with Gasteiger partial charge in [-0.05, 0) is 26.2 Å². The summed E-state index contributed by atoms with van der Waals surface area (Å²) in [5.41, 5.74) is -0.113. The molecule has 2 saturated heterocycles. The maximum absolute atomic E-state index is 11.5. The van der Waals surface area contributed by atoms with E-state index in [9.17, 15) is 9.59 Å². The van der Waals surface area contributed by atoms with Crippen LogP contribution in [0.15, 0.2) is 0 Å². The minimum atomic E-state index is -0.113. The summed E-state index contributed by atoms with van der Waals surface area (Å²) in [5, 5.41) is 3.01. The first-order valence-electron chi connectivity index (χ1n) is 5.58. The molecule has 84 valence electrons. The molecule has 15 heavy (non-hydrogen) atoms. The number of carbonyl (C=O) groups excluding carboxylic acids is 2. The van der Waals surface area contributed by atoms with Gasteiger partial charge in [-0.1, -0.05) is 0 Å². The number of hydrogen-bond donors (Lipinski definition) is 1. The molecular formula is C11H18N2O2. The van der Waals surface area contributed by atoms with Gasteiger partial charge in [0.2, 0.25) is 11.8 Å². The smallest absolute Gasteiger partial charge is 0.222 e. The first kappa shape index (κ1) is 10.5. The summed E-state index contributed by atoms with van der Waals surface area (Å²) in [7, 11) is 0. The molecule has 2 aliphatic rings. The lowest BCUT2D eigenvalue weighted by Crippen LogP contribution is -2.55. The number of amides is 2. The quantitative estimate of drug-likeness (QED) is 0.691. The number of carbonyl (C=O) groups is 2. The maximum Gasteiger partial charge on any atom is 0.222 e. The zero-order valence-corrected chi connectivity index (χ0v) is 9.38. The fourth-order valence-corrected chi connectivity index (χ4v) is 2.84. The Bertz CT molecular complexity index is 303. The summed E-state index contributed by atoms with van der Waals surface area (Å²) < 4.78 is 0. The fourth-order valence-electron chi connectivity index (χ4n) is 2.84. The monoisotopic (exact) mass is 210 g/mol. The van der Waals surface area contributed by atoms with Crippen molar-refractivity contribution in [3.8, 4) is 0 Å². The van der Waals surface area contributed by atoms with Gasteiger partial charge in [0, 0.05) is 31.5 Å². The number of rotatable bonds is 1. The van der Waals surface area contributed by atoms with Gasteiger partial charge in [0.1, 0.15) is 0 Å². The van der Waals surface area contributed by atoms with Crippen molar-refractivity contribution in [1.82, 2.24) is 10.2 Å². The number of hydrogen-bond acceptors (Lipinski definition) is 2. The molecule has 0 aromatic heterocycles. The van der Waals surface area contributed by atoms with Gasteiger partial charge < -0.3 is 10.2 Å². The molecule has 4 heteroatoms. The Morgan fingerprint density at radius 1 is 1.60 bits per heavy atom. The molecule has 2 amide bonds. The molecule has 2 unspecified atom stereocenters. The largest absolute Gasteiger partial charge is 0.351 e. The molecule has 4 nitrogen and oxygen atoms in total. The highest BCUT2D eigenvalue weighted by Gasteiger charge is 2.41. The van der Waals surface area contributed by atoms with Crippen molar-refractivity contribution < 1.29 is 9.59 Å². The van der Waals surface area contributed by atoms with Crippen LogP contribution in [0.1, 0.15) is 39.5 Å². The highest BCUT2D eigenvalue weighted by molar-refractivity contribution is 5.79. The van der Waals surface area contributed by atoms with E-state index in [4.69, 9.17) is 0 Å². The number of piperidine rings is 1. The van der Waals surface area contributed by atoms with Gasteiger partial charge in [0.15, 0.2) is 0 Å². The van der Waals surface area contributed by atoms with Crippen molar-refractivity contribution in [3.05, 3.63) is 0 Å². The Balaban J connectivity index is 2.03. The van der Waals surface area contributed by atoms with E-state index in [2.05, 4.69) is 12.2 Å². The number of fused-ring (bicyclic) bond motifs is 1. The molecule has 0 radical (unpaired) electrons. The van der Waals surface area contributed by atoms with Gasteiger partial charge >= 0.3 is 0 Å². The van der Waals surface area contributed by atoms with Crippen molar-refractivity contribution in [2.45, 2.75) is 51.1 Å². The van der Waals surface area contributed by atoms with Gasteiger partial charge in [0.25, 0.3) is 0 Å². The molecule has 0 saturated carbocycles. The lowest BCUT2D eigenvalue weighted by molar-refractivity contribution is -0.130. The van der Waals surface area contributed by atoms with Crippen molar-refractivity contribution in [1.29, 1.82) is 0 Å². The van der Waals surface area contributed by atoms with Crippen LogP contribution < -0.4 is 5.32 Å². The second-order valence-electron chi connectivity index (χ2n) is 4.98. The van der Waals surface area contributed by atoms with Crippen LogP contribution in [0.25, 0.3) is 0 Å². The first-order valence-corrected chi connectivity index (χ1v) is 5.58. The molecule has 2 heterocycles. The molecular weight excluding hydrogens is 192 g/mol. The van der Waals surface area contributed by atoms with Crippen LogP contribution in [-0.4, -0.2) is 34.8 Å². The molecule has 0 aliphatic carbocycles. The highest BCUT2D eigenvalue weighted by atomic mass is 16.2. The number of nitrogens with one attached hydrogen (secondary N) is 1. The third-order valence-corrected chi connectivity index (χ3v) is 3.52. The molecule has 0 aromatic carbocycles. The van der Waals surface area contributed by atoms with E-state index in [1.165, 1.54) is 0 Å². The molecule has 2 aliphatic heterocycles. The van der Waals surface area contributed by atoms with Crippen LogP contribution in [0.4, 0.5) is 0 Å². The molecule has 2 atom stereocenters. The predicted octanol–water partition coefficient (Wildman–Crippen LogP) is 0.666. The lowest BCUT2D eigenvalue weighted by Gasteiger charge is -2.42. The van der Waals surface area contributed by atoms with Crippen LogP contribution in [0.3, 0.4) is 0 Å². The zero-order chi connectivity index (χ0) is 11.1. The van der Waals surface area contributed by atoms with Crippen molar-refractivity contribution >= 4 is 11.8 Å². The van der Waals surface area contributed by atoms with Gasteiger partial charge in [0.05, 0.1) is 0 Å². The average molecular weight is 210 g/mol. The minimum absolute atomic E-state index is 0.0234. The third kappa shape index (κ3) is 1.98. The Morgan fingerprint density at radius 3 is 3.00 bits per heavy atom. The van der Waals surface area contributed by atoms with E-state index in [0.29, 0.717) is 12.5 Å². The zero-order valence-electron chi connectivity index (χ0n) is 9.38. The van der Waals surface area contributed by atoms with Crippen LogP contribution in [0.5, 0.6) is 0 Å². The van der Waals surface area contributed by atoms with Crippen LogP contribution in [-0.2, 0) is 9.59 Å². The average Bonchev–Trinajstić information content (AvgIpc) is 2.44. The fraction of sp³-hybridized carbons (Fsp3) is 0.818. The van der Waals surface area contributed by atoms with Crippen molar-refractivity contribution in [3.63, 3.8) is 0 Å². The van der Waals surface area contributed by atoms with E-state index in [1.54, 1.807) is 6.92 Å². The molecule has 0 bridgehead atoms. The Hall–Kier alpha value is -1.06. The van der Waals surface area contributed by atoms with E-state index in [1.807, 2.05) is 4.90 Å². The summed E-state index contributed by atoms with van der Waals surface area (Å²) in [6.07, 6.45) is 3.40. The summed E-state index contributed by atoms with van der Waals surface area (Å²) >= 11 is 0. The first-order chi connectivity index (χ1) is 7.00. The number of nitrogens with zero attached hydrogens (tertiary/aromatic N) is 1. The summed E-state index contributed by atoms with van der Waals surface area (Å²) in [5.74, 6) is 0.306. The Morgan fingerprint density at radius 2 is 2.33 bits per heavy atom.